The van der Waals surface area contributed by atoms with Crippen LogP contribution < -0.4 is 29.5 Å². The maximum Gasteiger partial charge on any atom is 0.530 e. The molecule has 0 fully saturated rings. The third kappa shape index (κ3) is 5.62. The van der Waals surface area contributed by atoms with Crippen molar-refractivity contribution in [2.24, 2.45) is 0 Å². The summed E-state index contributed by atoms with van der Waals surface area (Å²) in [4.78, 5) is 0. The fourth-order valence-electron chi connectivity index (χ4n) is 4.03. The van der Waals surface area contributed by atoms with Gasteiger partial charge in [0.1, 0.15) is 17.2 Å². The molecule has 0 saturated heterocycles. The minimum Gasteiger partial charge on any atom is -0.409 e. The minimum absolute atomic E-state index is 0.455. The van der Waals surface area contributed by atoms with Crippen molar-refractivity contribution in [2.75, 3.05) is 0 Å². The van der Waals surface area contributed by atoms with Gasteiger partial charge in [-0.15, -0.1) is 0 Å². The zero-order valence-corrected chi connectivity index (χ0v) is 22.1. The molecule has 0 saturated carbocycles. The van der Waals surface area contributed by atoms with Crippen molar-refractivity contribution in [3.8, 4) is 17.2 Å². The molecule has 5 aromatic rings. The van der Waals surface area contributed by atoms with Crippen LogP contribution in [0.2, 0.25) is 0 Å². The van der Waals surface area contributed by atoms with Gasteiger partial charge in [-0.2, -0.15) is 0 Å². The van der Waals surface area contributed by atoms with Crippen LogP contribution in [0, 0.1) is 6.92 Å². The lowest BCUT2D eigenvalue weighted by molar-refractivity contribution is 0.389. The first kappa shape index (κ1) is 24.8. The highest BCUT2D eigenvalue weighted by Crippen LogP contribution is 2.49. The van der Waals surface area contributed by atoms with E-state index in [2.05, 4.69) is 0 Å². The number of aryl methyl sites for hydroxylation is 1. The van der Waals surface area contributed by atoms with Gasteiger partial charge in [0.25, 0.3) is 0 Å². The molecule has 1 unspecified atom stereocenters. The molecule has 0 aromatic heterocycles. The molecule has 0 spiro atoms. The second-order valence-electron chi connectivity index (χ2n) is 8.32. The van der Waals surface area contributed by atoms with E-state index >= 15 is 4.57 Å². The summed E-state index contributed by atoms with van der Waals surface area (Å²) < 4.78 is 33.9. The van der Waals surface area contributed by atoms with Crippen molar-refractivity contribution in [1.82, 2.24) is 0 Å². The summed E-state index contributed by atoms with van der Waals surface area (Å²) in [5.41, 5.74) is 0.952. The van der Waals surface area contributed by atoms with E-state index in [1.165, 1.54) is 0 Å². The van der Waals surface area contributed by atoms with Crippen molar-refractivity contribution in [2.45, 2.75) is 6.92 Å². The van der Waals surface area contributed by atoms with E-state index in [0.29, 0.717) is 22.6 Å². The van der Waals surface area contributed by atoms with Crippen LogP contribution in [0.15, 0.2) is 140 Å². The Morgan fingerprint density at radius 3 is 1.54 bits per heavy atom. The molecule has 0 aliphatic carbocycles. The topological polar surface area (TPSA) is 44.8 Å². The molecule has 4 nitrogen and oxygen atoms in total. The molecule has 5 aromatic carbocycles. The Bertz CT molecular complexity index is 1450. The van der Waals surface area contributed by atoms with Gasteiger partial charge in [0.2, 0.25) is 0 Å². The summed E-state index contributed by atoms with van der Waals surface area (Å²) in [5.74, 6) is 1.69. The third-order valence-electron chi connectivity index (χ3n) is 5.80. The lowest BCUT2D eigenvalue weighted by Gasteiger charge is -2.25. The first-order valence-corrected chi connectivity index (χ1v) is 14.7. The number of benzene rings is 5. The van der Waals surface area contributed by atoms with Crippen LogP contribution in [-0.4, -0.2) is 0 Å². The van der Waals surface area contributed by atoms with Crippen molar-refractivity contribution in [1.29, 1.82) is 0 Å². The first-order chi connectivity index (χ1) is 18.1. The Labute approximate surface area is 218 Å². The number of hydrogen-bond acceptors (Lipinski definition) is 4. The SMILES string of the molecule is Cc1ccccc1P(=O)(c1ccccc1)c1ccccc1OP(Oc1ccccc1)Oc1ccccc1. The zero-order chi connectivity index (χ0) is 25.5. The van der Waals surface area contributed by atoms with Crippen LogP contribution in [0.25, 0.3) is 0 Å². The van der Waals surface area contributed by atoms with Gasteiger partial charge in [-0.05, 0) is 48.9 Å². The Kier molecular flexibility index (Phi) is 7.70. The summed E-state index contributed by atoms with van der Waals surface area (Å²) in [6, 6.07) is 43.6. The standard InChI is InChI=1S/C31H26O4P2/c1-25-15-11-13-23-30(25)37(32,28-20-9-4-10-21-28)31-24-14-12-22-29(31)35-36(33-26-16-5-2-6-17-26)34-27-18-7-3-8-19-27/h2-24H,1H3. The Hall–Kier alpha value is -3.84. The molecule has 184 valence electrons. The fraction of sp³-hybridized carbons (Fsp3) is 0.0323. The minimum atomic E-state index is -3.30. The van der Waals surface area contributed by atoms with Gasteiger partial charge in [-0.25, -0.2) is 0 Å². The largest absolute Gasteiger partial charge is 0.530 e. The summed E-state index contributed by atoms with van der Waals surface area (Å²) in [7, 11) is -5.22. The molecule has 5 rings (SSSR count). The van der Waals surface area contributed by atoms with Crippen molar-refractivity contribution < 1.29 is 18.1 Å². The van der Waals surface area contributed by atoms with E-state index in [-0.39, 0.29) is 0 Å². The number of rotatable bonds is 9. The van der Waals surface area contributed by atoms with E-state index in [4.69, 9.17) is 13.6 Å². The second-order valence-corrected chi connectivity index (χ2v) is 12.0. The number of hydrogen-bond donors (Lipinski definition) is 0. The Morgan fingerprint density at radius 2 is 0.973 bits per heavy atom. The van der Waals surface area contributed by atoms with Gasteiger partial charge >= 0.3 is 8.60 Å². The summed E-state index contributed by atoms with van der Waals surface area (Å²) in [6.07, 6.45) is 0. The van der Waals surface area contributed by atoms with Gasteiger partial charge in [-0.3, -0.25) is 0 Å². The van der Waals surface area contributed by atoms with Crippen molar-refractivity contribution in [3.63, 3.8) is 0 Å². The smallest absolute Gasteiger partial charge is 0.409 e. The van der Waals surface area contributed by atoms with Crippen LogP contribution >= 0.6 is 15.7 Å². The van der Waals surface area contributed by atoms with E-state index < -0.39 is 15.7 Å². The molecular weight excluding hydrogens is 498 g/mol. The van der Waals surface area contributed by atoms with E-state index in [0.717, 1.165) is 16.2 Å². The molecule has 0 N–H and O–H groups in total. The van der Waals surface area contributed by atoms with Crippen LogP contribution in [-0.2, 0) is 4.57 Å². The highest BCUT2D eigenvalue weighted by atomic mass is 31.2. The molecule has 0 heterocycles. The lowest BCUT2D eigenvalue weighted by atomic mass is 10.2. The Balaban J connectivity index is 1.60. The quantitative estimate of drug-likeness (QED) is 0.189. The number of para-hydroxylation sites is 3. The summed E-state index contributed by atoms with van der Waals surface area (Å²) >= 11 is 0. The molecule has 37 heavy (non-hydrogen) atoms. The van der Waals surface area contributed by atoms with Gasteiger partial charge < -0.3 is 18.1 Å². The maximum absolute atomic E-state index is 15.2. The highest BCUT2D eigenvalue weighted by molar-refractivity contribution is 7.85. The Morgan fingerprint density at radius 1 is 0.514 bits per heavy atom. The predicted octanol–water partition coefficient (Wildman–Crippen LogP) is 7.40. The van der Waals surface area contributed by atoms with Gasteiger partial charge in [0, 0.05) is 10.6 Å². The van der Waals surface area contributed by atoms with Crippen molar-refractivity contribution in [3.05, 3.63) is 145 Å². The molecule has 0 amide bonds. The molecule has 0 radical (unpaired) electrons. The predicted molar refractivity (Wildman–Crippen MR) is 152 cm³/mol. The van der Waals surface area contributed by atoms with Crippen LogP contribution in [0.5, 0.6) is 17.2 Å². The maximum atomic E-state index is 15.2. The highest BCUT2D eigenvalue weighted by Gasteiger charge is 2.35. The van der Waals surface area contributed by atoms with Gasteiger partial charge in [0.05, 0.1) is 5.30 Å². The van der Waals surface area contributed by atoms with E-state index in [1.54, 1.807) is 0 Å². The first-order valence-electron chi connectivity index (χ1n) is 11.9. The van der Waals surface area contributed by atoms with Crippen molar-refractivity contribution >= 4 is 31.7 Å². The van der Waals surface area contributed by atoms with Crippen LogP contribution in [0.1, 0.15) is 5.56 Å². The average molecular weight is 524 g/mol. The zero-order valence-electron chi connectivity index (χ0n) is 20.3. The average Bonchev–Trinajstić information content (AvgIpc) is 2.95. The molecule has 0 aliphatic heterocycles. The second kappa shape index (κ2) is 11.5. The lowest BCUT2D eigenvalue weighted by Crippen LogP contribution is -2.27. The molecule has 1 atom stereocenters. The van der Waals surface area contributed by atoms with E-state index in [9.17, 15) is 0 Å². The molecule has 6 heteroatoms. The summed E-state index contributed by atoms with van der Waals surface area (Å²) in [5, 5.41) is 2.10. The molecule has 0 bridgehead atoms. The molecular formula is C31H26O4P2. The van der Waals surface area contributed by atoms with Crippen LogP contribution in [0.4, 0.5) is 0 Å². The normalized spacial score (nSPS) is 12.5. The third-order valence-corrected chi connectivity index (χ3v) is 10.1. The fourth-order valence-corrected chi connectivity index (χ4v) is 8.12. The van der Waals surface area contributed by atoms with Crippen LogP contribution in [0.3, 0.4) is 0 Å². The summed E-state index contributed by atoms with van der Waals surface area (Å²) in [6.45, 7) is 1.98. The molecule has 0 aliphatic rings. The van der Waals surface area contributed by atoms with Gasteiger partial charge in [-0.1, -0.05) is 103 Å². The van der Waals surface area contributed by atoms with E-state index in [1.807, 2.05) is 146 Å². The monoisotopic (exact) mass is 524 g/mol. The van der Waals surface area contributed by atoms with Gasteiger partial charge in [0.15, 0.2) is 7.14 Å².